The second kappa shape index (κ2) is 7.12. The zero-order valence-electron chi connectivity index (χ0n) is 13.5. The van der Waals surface area contributed by atoms with Gasteiger partial charge in [0.2, 0.25) is 11.8 Å². The smallest absolute Gasteiger partial charge is 0.326 e. The molecular weight excluding hydrogens is 316 g/mol. The Labute approximate surface area is 139 Å². The fourth-order valence-corrected chi connectivity index (χ4v) is 3.82. The van der Waals surface area contributed by atoms with Crippen LogP contribution in [0.15, 0.2) is 11.4 Å². The van der Waals surface area contributed by atoms with Gasteiger partial charge in [0.05, 0.1) is 0 Å². The number of nitrogens with one attached hydrogen (secondary N) is 1. The van der Waals surface area contributed by atoms with Crippen LogP contribution in [0.2, 0.25) is 0 Å². The highest BCUT2D eigenvalue weighted by Crippen LogP contribution is 2.51. The van der Waals surface area contributed by atoms with Gasteiger partial charge in [-0.25, -0.2) is 4.79 Å². The van der Waals surface area contributed by atoms with Gasteiger partial charge >= 0.3 is 5.97 Å². The van der Waals surface area contributed by atoms with Crippen molar-refractivity contribution >= 4 is 29.1 Å². The van der Waals surface area contributed by atoms with Crippen LogP contribution >= 0.6 is 11.3 Å². The molecule has 0 aromatic carbocycles. The van der Waals surface area contributed by atoms with Crippen molar-refractivity contribution in [3.05, 3.63) is 21.9 Å². The molecule has 2 N–H and O–H groups in total. The molecule has 1 heterocycles. The molecule has 0 saturated heterocycles. The molecule has 1 aromatic heterocycles. The number of thiophene rings is 1. The van der Waals surface area contributed by atoms with Crippen molar-refractivity contribution in [2.24, 2.45) is 5.92 Å². The zero-order valence-corrected chi connectivity index (χ0v) is 14.4. The average Bonchev–Trinajstić information content (AvgIpc) is 3.16. The molecule has 0 radical (unpaired) electrons. The Balaban J connectivity index is 2.03. The van der Waals surface area contributed by atoms with E-state index in [4.69, 9.17) is 0 Å². The Bertz CT molecular complexity index is 613. The summed E-state index contributed by atoms with van der Waals surface area (Å²) in [5.74, 6) is -1.31. The Kier molecular flexibility index (Phi) is 5.41. The van der Waals surface area contributed by atoms with Gasteiger partial charge in [-0.2, -0.15) is 0 Å². The molecule has 3 unspecified atom stereocenters. The Morgan fingerprint density at radius 3 is 2.70 bits per heavy atom. The van der Waals surface area contributed by atoms with Gasteiger partial charge in [0.25, 0.3) is 0 Å². The number of carboxylic acid groups (broad SMARTS) is 1. The van der Waals surface area contributed by atoms with Gasteiger partial charge in [-0.3, -0.25) is 9.59 Å². The summed E-state index contributed by atoms with van der Waals surface area (Å²) in [6, 6.07) is 1.14. The lowest BCUT2D eigenvalue weighted by atomic mass is 10.1. The highest BCUT2D eigenvalue weighted by Gasteiger charge is 2.48. The molecule has 0 aliphatic heterocycles. The molecule has 1 aliphatic carbocycles. The average molecular weight is 338 g/mol. The SMILES string of the molecule is CC(=O)NCCN(C(=O)C1CC1c1sccc1C)C(C)C(=O)O. The molecule has 0 bridgehead atoms. The van der Waals surface area contributed by atoms with Gasteiger partial charge in [0.15, 0.2) is 0 Å². The number of aryl methyl sites for hydroxylation is 1. The number of amides is 2. The summed E-state index contributed by atoms with van der Waals surface area (Å²) in [6.07, 6.45) is 0.767. The molecule has 1 saturated carbocycles. The largest absolute Gasteiger partial charge is 0.480 e. The highest BCUT2D eigenvalue weighted by atomic mass is 32.1. The minimum atomic E-state index is -1.04. The molecule has 2 amide bonds. The number of nitrogens with zero attached hydrogens (tertiary/aromatic N) is 1. The molecule has 23 heavy (non-hydrogen) atoms. The molecule has 126 valence electrons. The Morgan fingerprint density at radius 2 is 2.17 bits per heavy atom. The van der Waals surface area contributed by atoms with E-state index in [9.17, 15) is 19.5 Å². The Morgan fingerprint density at radius 1 is 1.48 bits per heavy atom. The number of carbonyl (C=O) groups excluding carboxylic acids is 2. The number of carbonyl (C=O) groups is 3. The van der Waals surface area contributed by atoms with Crippen LogP contribution in [0.1, 0.15) is 36.6 Å². The molecule has 1 aromatic rings. The summed E-state index contributed by atoms with van der Waals surface area (Å²) in [7, 11) is 0. The van der Waals surface area contributed by atoms with E-state index >= 15 is 0 Å². The summed E-state index contributed by atoms with van der Waals surface area (Å²) in [4.78, 5) is 37.5. The maximum atomic E-state index is 12.7. The first-order valence-corrected chi connectivity index (χ1v) is 8.52. The summed E-state index contributed by atoms with van der Waals surface area (Å²) in [5, 5.41) is 13.8. The van der Waals surface area contributed by atoms with Crippen LogP contribution in [0.3, 0.4) is 0 Å². The van der Waals surface area contributed by atoms with Crippen LogP contribution in [-0.2, 0) is 14.4 Å². The highest BCUT2D eigenvalue weighted by molar-refractivity contribution is 7.10. The second-order valence-corrected chi connectivity index (χ2v) is 6.89. The molecule has 1 fully saturated rings. The lowest BCUT2D eigenvalue weighted by Gasteiger charge is -2.27. The normalized spacial score (nSPS) is 20.7. The molecule has 7 heteroatoms. The van der Waals surface area contributed by atoms with Crippen molar-refractivity contribution in [3.8, 4) is 0 Å². The molecule has 0 spiro atoms. The number of hydrogen-bond donors (Lipinski definition) is 2. The van der Waals surface area contributed by atoms with Gasteiger partial charge in [-0.05, 0) is 37.3 Å². The van der Waals surface area contributed by atoms with Crippen molar-refractivity contribution in [1.29, 1.82) is 0 Å². The van der Waals surface area contributed by atoms with Crippen molar-refractivity contribution in [2.75, 3.05) is 13.1 Å². The third kappa shape index (κ3) is 4.10. The third-order valence-corrected chi connectivity index (χ3v) is 5.33. The predicted molar refractivity (Wildman–Crippen MR) is 87.4 cm³/mol. The topological polar surface area (TPSA) is 86.7 Å². The quantitative estimate of drug-likeness (QED) is 0.790. The van der Waals surface area contributed by atoms with Crippen LogP contribution in [0.5, 0.6) is 0 Å². The number of hydrogen-bond acceptors (Lipinski definition) is 4. The fourth-order valence-electron chi connectivity index (χ4n) is 2.72. The number of aliphatic carboxylic acids is 1. The van der Waals surface area contributed by atoms with Crippen LogP contribution in [0.25, 0.3) is 0 Å². The summed E-state index contributed by atoms with van der Waals surface area (Å²) in [6.45, 7) is 5.39. The van der Waals surface area contributed by atoms with Crippen LogP contribution in [0.4, 0.5) is 0 Å². The summed E-state index contributed by atoms with van der Waals surface area (Å²) < 4.78 is 0. The van der Waals surface area contributed by atoms with Crippen LogP contribution in [0, 0.1) is 12.8 Å². The lowest BCUT2D eigenvalue weighted by Crippen LogP contribution is -2.47. The maximum Gasteiger partial charge on any atom is 0.326 e. The Hall–Kier alpha value is -1.89. The maximum absolute atomic E-state index is 12.7. The van der Waals surface area contributed by atoms with Crippen molar-refractivity contribution in [2.45, 2.75) is 39.2 Å². The van der Waals surface area contributed by atoms with E-state index in [2.05, 4.69) is 5.32 Å². The zero-order chi connectivity index (χ0) is 17.1. The predicted octanol–water partition coefficient (Wildman–Crippen LogP) is 1.60. The first-order chi connectivity index (χ1) is 10.8. The van der Waals surface area contributed by atoms with Crippen molar-refractivity contribution < 1.29 is 19.5 Å². The fraction of sp³-hybridized carbons (Fsp3) is 0.562. The standard InChI is InChI=1S/C16H22N2O4S/c1-9-4-7-23-14(9)12-8-13(12)15(20)18(10(2)16(21)22)6-5-17-11(3)19/h4,7,10,12-13H,5-6,8H2,1-3H3,(H,17,19)(H,21,22). The third-order valence-electron chi connectivity index (χ3n) is 4.18. The number of carboxylic acids is 1. The van der Waals surface area contributed by atoms with E-state index in [1.165, 1.54) is 29.2 Å². The second-order valence-electron chi connectivity index (χ2n) is 5.95. The van der Waals surface area contributed by atoms with E-state index < -0.39 is 12.0 Å². The van der Waals surface area contributed by atoms with Gasteiger partial charge in [-0.15, -0.1) is 11.3 Å². The lowest BCUT2D eigenvalue weighted by molar-refractivity contribution is -0.150. The van der Waals surface area contributed by atoms with Crippen molar-refractivity contribution in [3.63, 3.8) is 0 Å². The van der Waals surface area contributed by atoms with E-state index in [-0.39, 0.29) is 36.7 Å². The molecule has 3 atom stereocenters. The minimum Gasteiger partial charge on any atom is -0.480 e. The van der Waals surface area contributed by atoms with Gasteiger partial charge in [-0.1, -0.05) is 0 Å². The first kappa shape index (κ1) is 17.5. The monoisotopic (exact) mass is 338 g/mol. The van der Waals surface area contributed by atoms with Gasteiger partial charge in [0, 0.05) is 36.7 Å². The summed E-state index contributed by atoms with van der Waals surface area (Å²) >= 11 is 1.65. The van der Waals surface area contributed by atoms with Crippen molar-refractivity contribution in [1.82, 2.24) is 10.2 Å². The summed E-state index contributed by atoms with van der Waals surface area (Å²) in [5.41, 5.74) is 1.19. The number of rotatable bonds is 7. The first-order valence-electron chi connectivity index (χ1n) is 7.64. The van der Waals surface area contributed by atoms with Gasteiger partial charge in [0.1, 0.15) is 6.04 Å². The molecule has 6 nitrogen and oxygen atoms in total. The molecule has 1 aliphatic rings. The minimum absolute atomic E-state index is 0.136. The van der Waals surface area contributed by atoms with Crippen LogP contribution in [-0.4, -0.2) is 46.9 Å². The molecular formula is C16H22N2O4S. The van der Waals surface area contributed by atoms with E-state index in [0.717, 1.165) is 6.42 Å². The molecule has 2 rings (SSSR count). The van der Waals surface area contributed by atoms with E-state index in [0.29, 0.717) is 0 Å². The van der Waals surface area contributed by atoms with Gasteiger partial charge < -0.3 is 15.3 Å². The van der Waals surface area contributed by atoms with E-state index in [1.807, 2.05) is 18.4 Å². The van der Waals surface area contributed by atoms with Crippen LogP contribution < -0.4 is 5.32 Å². The van der Waals surface area contributed by atoms with E-state index in [1.54, 1.807) is 11.3 Å².